The molecule has 3 N–H and O–H groups in total. The zero-order chi connectivity index (χ0) is 9.84. The van der Waals surface area contributed by atoms with E-state index in [-0.39, 0.29) is 17.5 Å². The molecule has 0 heterocycles. The van der Waals surface area contributed by atoms with Crippen molar-refractivity contribution in [2.75, 3.05) is 6.61 Å². The third-order valence-corrected chi connectivity index (χ3v) is 1.57. The zero-order valence-corrected chi connectivity index (χ0v) is 7.44. The van der Waals surface area contributed by atoms with Gasteiger partial charge in [-0.3, -0.25) is 5.41 Å². The van der Waals surface area contributed by atoms with Crippen molar-refractivity contribution in [3.05, 3.63) is 29.0 Å². The van der Waals surface area contributed by atoms with E-state index in [1.165, 1.54) is 12.1 Å². The Morgan fingerprint density at radius 2 is 2.31 bits per heavy atom. The molecule has 3 nitrogen and oxygen atoms in total. The summed E-state index contributed by atoms with van der Waals surface area (Å²) in [6.07, 6.45) is 0. The minimum absolute atomic E-state index is 0.0502. The minimum Gasteiger partial charge on any atom is -0.484 e. The molecule has 70 valence electrons. The Balaban J connectivity index is 2.72. The van der Waals surface area contributed by atoms with Gasteiger partial charge in [-0.25, -0.2) is 4.39 Å². The second-order valence-corrected chi connectivity index (χ2v) is 2.80. The van der Waals surface area contributed by atoms with E-state index in [0.29, 0.717) is 5.75 Å². The number of hydrogen-bond donors (Lipinski definition) is 2. The van der Waals surface area contributed by atoms with Crippen LogP contribution in [0.1, 0.15) is 0 Å². The lowest BCUT2D eigenvalue weighted by molar-refractivity contribution is 0.374. The van der Waals surface area contributed by atoms with Gasteiger partial charge in [-0.15, -0.1) is 0 Å². The number of halogens is 2. The lowest BCUT2D eigenvalue weighted by Gasteiger charge is -2.05. The molecular formula is C8H8ClFN2O. The van der Waals surface area contributed by atoms with Crippen LogP contribution >= 0.6 is 11.6 Å². The van der Waals surface area contributed by atoms with E-state index in [1.807, 2.05) is 0 Å². The average molecular weight is 203 g/mol. The molecule has 0 aliphatic rings. The van der Waals surface area contributed by atoms with Gasteiger partial charge in [-0.05, 0) is 18.2 Å². The van der Waals surface area contributed by atoms with Crippen molar-refractivity contribution in [3.8, 4) is 5.75 Å². The summed E-state index contributed by atoms with van der Waals surface area (Å²) in [6, 6.07) is 3.75. The standard InChI is InChI=1S/C8H8ClFN2O/c9-6-3-5(10)1-2-7(6)13-4-8(11)12/h1-3H,4H2,(H3,11,12). The topological polar surface area (TPSA) is 59.1 Å². The van der Waals surface area contributed by atoms with Gasteiger partial charge in [0.05, 0.1) is 5.02 Å². The first kappa shape index (κ1) is 9.80. The molecule has 1 aromatic rings. The molecule has 13 heavy (non-hydrogen) atoms. The van der Waals surface area contributed by atoms with Gasteiger partial charge in [-0.2, -0.15) is 0 Å². The highest BCUT2D eigenvalue weighted by Crippen LogP contribution is 2.24. The molecule has 0 aliphatic carbocycles. The molecule has 0 radical (unpaired) electrons. The van der Waals surface area contributed by atoms with Crippen molar-refractivity contribution in [2.24, 2.45) is 5.73 Å². The second-order valence-electron chi connectivity index (χ2n) is 2.39. The third kappa shape index (κ3) is 2.91. The minimum atomic E-state index is -0.430. The number of amidine groups is 1. The van der Waals surface area contributed by atoms with Gasteiger partial charge in [-0.1, -0.05) is 11.6 Å². The van der Waals surface area contributed by atoms with Gasteiger partial charge >= 0.3 is 0 Å². The Bertz CT molecular complexity index is 330. The third-order valence-electron chi connectivity index (χ3n) is 1.28. The molecule has 0 saturated carbocycles. The molecule has 5 heteroatoms. The maximum absolute atomic E-state index is 12.5. The van der Waals surface area contributed by atoms with E-state index >= 15 is 0 Å². The Labute approximate surface area is 79.8 Å². The molecule has 0 aliphatic heterocycles. The van der Waals surface area contributed by atoms with Crippen molar-refractivity contribution in [1.82, 2.24) is 0 Å². The van der Waals surface area contributed by atoms with Crippen LogP contribution in [0.3, 0.4) is 0 Å². The van der Waals surface area contributed by atoms with Gasteiger partial charge in [0.15, 0.2) is 0 Å². The SMILES string of the molecule is N=C(N)COc1ccc(F)cc1Cl. The molecule has 1 aromatic carbocycles. The molecule has 0 fully saturated rings. The largest absolute Gasteiger partial charge is 0.484 e. The first-order valence-electron chi connectivity index (χ1n) is 3.50. The summed E-state index contributed by atoms with van der Waals surface area (Å²) in [6.45, 7) is -0.0502. The Morgan fingerprint density at radius 3 is 2.85 bits per heavy atom. The molecular weight excluding hydrogens is 195 g/mol. The van der Waals surface area contributed by atoms with Crippen molar-refractivity contribution in [3.63, 3.8) is 0 Å². The van der Waals surface area contributed by atoms with E-state index in [2.05, 4.69) is 0 Å². The van der Waals surface area contributed by atoms with E-state index in [1.54, 1.807) is 0 Å². The molecule has 0 atom stereocenters. The molecule has 0 saturated heterocycles. The average Bonchev–Trinajstić information content (AvgIpc) is 2.02. The molecule has 0 spiro atoms. The van der Waals surface area contributed by atoms with Crippen molar-refractivity contribution >= 4 is 17.4 Å². The summed E-state index contributed by atoms with van der Waals surface area (Å²) >= 11 is 5.64. The highest BCUT2D eigenvalue weighted by molar-refractivity contribution is 6.32. The fourth-order valence-electron chi connectivity index (χ4n) is 0.748. The fourth-order valence-corrected chi connectivity index (χ4v) is 0.970. The van der Waals surface area contributed by atoms with Crippen LogP contribution in [0.25, 0.3) is 0 Å². The highest BCUT2D eigenvalue weighted by Gasteiger charge is 2.02. The van der Waals surface area contributed by atoms with Crippen LogP contribution in [-0.2, 0) is 0 Å². The lowest BCUT2D eigenvalue weighted by Crippen LogP contribution is -2.19. The van der Waals surface area contributed by atoms with Crippen molar-refractivity contribution in [2.45, 2.75) is 0 Å². The summed E-state index contributed by atoms with van der Waals surface area (Å²) in [5.74, 6) is -0.223. The number of nitrogens with two attached hydrogens (primary N) is 1. The van der Waals surface area contributed by atoms with Crippen LogP contribution in [-0.4, -0.2) is 12.4 Å². The zero-order valence-electron chi connectivity index (χ0n) is 6.68. The lowest BCUT2D eigenvalue weighted by atomic mass is 10.3. The van der Waals surface area contributed by atoms with Gasteiger partial charge in [0, 0.05) is 0 Å². The van der Waals surface area contributed by atoms with Crippen molar-refractivity contribution in [1.29, 1.82) is 5.41 Å². The van der Waals surface area contributed by atoms with Crippen LogP contribution in [0.15, 0.2) is 18.2 Å². The smallest absolute Gasteiger partial charge is 0.145 e. The van der Waals surface area contributed by atoms with Gasteiger partial charge in [0.1, 0.15) is 24.0 Å². The number of hydrogen-bond acceptors (Lipinski definition) is 2. The van der Waals surface area contributed by atoms with Crippen LogP contribution in [0.2, 0.25) is 5.02 Å². The predicted molar refractivity (Wildman–Crippen MR) is 48.8 cm³/mol. The van der Waals surface area contributed by atoms with E-state index in [0.717, 1.165) is 6.07 Å². The van der Waals surface area contributed by atoms with Crippen LogP contribution < -0.4 is 10.5 Å². The fraction of sp³-hybridized carbons (Fsp3) is 0.125. The van der Waals surface area contributed by atoms with Gasteiger partial charge in [0.25, 0.3) is 0 Å². The Kier molecular flexibility index (Phi) is 3.08. The first-order chi connectivity index (χ1) is 6.09. The highest BCUT2D eigenvalue weighted by atomic mass is 35.5. The van der Waals surface area contributed by atoms with Gasteiger partial charge in [0.2, 0.25) is 0 Å². The number of benzene rings is 1. The van der Waals surface area contributed by atoms with E-state index in [4.69, 9.17) is 27.5 Å². The normalized spacial score (nSPS) is 9.69. The predicted octanol–water partition coefficient (Wildman–Crippen LogP) is 1.79. The van der Waals surface area contributed by atoms with Crippen LogP contribution in [0.4, 0.5) is 4.39 Å². The van der Waals surface area contributed by atoms with E-state index < -0.39 is 5.82 Å². The number of ether oxygens (including phenoxy) is 1. The van der Waals surface area contributed by atoms with Crippen LogP contribution in [0.5, 0.6) is 5.75 Å². The molecule has 0 bridgehead atoms. The summed E-state index contributed by atoms with van der Waals surface area (Å²) in [4.78, 5) is 0. The van der Waals surface area contributed by atoms with Gasteiger partial charge < -0.3 is 10.5 Å². The van der Waals surface area contributed by atoms with Crippen molar-refractivity contribution < 1.29 is 9.13 Å². The Morgan fingerprint density at radius 1 is 1.62 bits per heavy atom. The maximum Gasteiger partial charge on any atom is 0.145 e. The van der Waals surface area contributed by atoms with E-state index in [9.17, 15) is 4.39 Å². The molecule has 1 rings (SSSR count). The summed E-state index contributed by atoms with van der Waals surface area (Å²) in [5, 5.41) is 7.06. The van der Waals surface area contributed by atoms with Crippen LogP contribution in [0, 0.1) is 11.2 Å². The quantitative estimate of drug-likeness (QED) is 0.580. The summed E-state index contributed by atoms with van der Waals surface area (Å²) in [5.41, 5.74) is 5.06. The second kappa shape index (κ2) is 4.09. The molecule has 0 unspecified atom stereocenters. The molecule has 0 amide bonds. The first-order valence-corrected chi connectivity index (χ1v) is 3.88. The summed E-state index contributed by atoms with van der Waals surface area (Å²) in [7, 11) is 0. The number of rotatable bonds is 3. The number of nitrogens with one attached hydrogen (secondary N) is 1. The Hall–Kier alpha value is -1.29. The summed E-state index contributed by atoms with van der Waals surface area (Å²) < 4.78 is 17.5. The molecule has 0 aromatic heterocycles. The maximum atomic E-state index is 12.5. The monoisotopic (exact) mass is 202 g/mol.